The number of nitro groups is 1. The van der Waals surface area contributed by atoms with Gasteiger partial charge in [0, 0.05) is 37.3 Å². The van der Waals surface area contributed by atoms with E-state index >= 15 is 0 Å². The van der Waals surface area contributed by atoms with Crippen molar-refractivity contribution in [2.75, 3.05) is 13.1 Å². The summed E-state index contributed by atoms with van der Waals surface area (Å²) in [7, 11) is 0. The number of imidazole rings is 1. The molecular weight excluding hydrogens is 425 g/mol. The van der Waals surface area contributed by atoms with E-state index in [0.717, 1.165) is 11.3 Å². The third kappa shape index (κ3) is 4.73. The minimum absolute atomic E-state index is 0.0409. The van der Waals surface area contributed by atoms with Gasteiger partial charge in [0.25, 0.3) is 0 Å². The van der Waals surface area contributed by atoms with Crippen LogP contribution in [-0.4, -0.2) is 48.2 Å². The Bertz CT molecular complexity index is 1130. The molecule has 3 aromatic rings. The molecule has 0 fully saturated rings. The molecule has 0 aliphatic carbocycles. The molecule has 1 aliphatic heterocycles. The lowest BCUT2D eigenvalue weighted by atomic mass is 10.00. The number of aromatic nitrogens is 3. The third-order valence-corrected chi connectivity index (χ3v) is 5.56. The highest BCUT2D eigenvalue weighted by Crippen LogP contribution is 2.26. The van der Waals surface area contributed by atoms with E-state index in [2.05, 4.69) is 14.9 Å². The highest BCUT2D eigenvalue weighted by Gasteiger charge is 2.30. The molecule has 1 atom stereocenters. The van der Waals surface area contributed by atoms with Gasteiger partial charge in [-0.1, -0.05) is 18.2 Å². The first-order valence-corrected chi connectivity index (χ1v) is 10.2. The smallest absolute Gasteiger partial charge is 0.383 e. The molecule has 1 aliphatic rings. The van der Waals surface area contributed by atoms with Crippen molar-refractivity contribution < 1.29 is 14.4 Å². The Morgan fingerprint density at radius 1 is 1.26 bits per heavy atom. The van der Waals surface area contributed by atoms with Crippen molar-refractivity contribution in [1.29, 1.82) is 0 Å². The number of pyridine rings is 1. The third-order valence-electron chi connectivity index (χ3n) is 5.25. The van der Waals surface area contributed by atoms with Crippen LogP contribution in [0.5, 0.6) is 0 Å². The van der Waals surface area contributed by atoms with Crippen LogP contribution in [0.15, 0.2) is 42.6 Å². The van der Waals surface area contributed by atoms with Gasteiger partial charge in [0.1, 0.15) is 12.0 Å². The van der Waals surface area contributed by atoms with E-state index in [4.69, 9.17) is 11.6 Å². The van der Waals surface area contributed by atoms with Crippen LogP contribution in [0, 0.1) is 15.9 Å². The first-order chi connectivity index (χ1) is 14.7. The molecule has 0 unspecified atom stereocenters. The molecule has 1 N–H and O–H groups in total. The van der Waals surface area contributed by atoms with Crippen molar-refractivity contribution in [3.05, 3.63) is 75.1 Å². The molecule has 2 aromatic heterocycles. The number of hydrogen-bond acceptors (Lipinski definition) is 6. The molecule has 0 radical (unpaired) electrons. The van der Waals surface area contributed by atoms with Crippen molar-refractivity contribution in [2.24, 2.45) is 0 Å². The number of β-amino-alcohol motifs (C(OH)–C–C–N with tert-alkyl or cyclic N) is 1. The molecular formula is C21H21ClFN5O3. The van der Waals surface area contributed by atoms with E-state index in [-0.39, 0.29) is 23.5 Å². The summed E-state index contributed by atoms with van der Waals surface area (Å²) < 4.78 is 15.5. The summed E-state index contributed by atoms with van der Waals surface area (Å²) >= 11 is 5.97. The van der Waals surface area contributed by atoms with Crippen molar-refractivity contribution >= 4 is 17.4 Å². The lowest BCUT2D eigenvalue weighted by Gasteiger charge is -2.34. The summed E-state index contributed by atoms with van der Waals surface area (Å²) in [5, 5.41) is 21.7. The molecule has 4 rings (SSSR count). The number of rotatable bonds is 6. The standard InChI is InChI=1S/C21H21ClFN5O3/c1-21(29,13-27-11-19(28(30)31)25-20(27)22)12-26-9-8-17-14(10-26)6-7-18(24-17)15-4-2-3-5-16(15)23/h2-7,11,29H,8-10,12-13H2,1H3/t21-/m0/s1. The number of halogens is 2. The van der Waals surface area contributed by atoms with E-state index in [1.807, 2.05) is 12.1 Å². The first kappa shape index (κ1) is 21.4. The molecule has 10 heteroatoms. The summed E-state index contributed by atoms with van der Waals surface area (Å²) in [4.78, 5) is 20.7. The number of aliphatic hydroxyl groups is 1. The van der Waals surface area contributed by atoms with Crippen LogP contribution in [0.1, 0.15) is 18.2 Å². The predicted molar refractivity (Wildman–Crippen MR) is 113 cm³/mol. The molecule has 1 aromatic carbocycles. The Morgan fingerprint density at radius 3 is 2.74 bits per heavy atom. The highest BCUT2D eigenvalue weighted by atomic mass is 35.5. The number of fused-ring (bicyclic) bond motifs is 1. The van der Waals surface area contributed by atoms with Gasteiger partial charge in [-0.3, -0.25) is 14.5 Å². The summed E-state index contributed by atoms with van der Waals surface area (Å²) in [5.41, 5.74) is 1.84. The highest BCUT2D eigenvalue weighted by molar-refractivity contribution is 6.28. The number of hydrogen-bond donors (Lipinski definition) is 1. The maximum Gasteiger partial charge on any atom is 0.383 e. The quantitative estimate of drug-likeness (QED) is 0.461. The molecule has 0 saturated heterocycles. The van der Waals surface area contributed by atoms with Gasteiger partial charge in [0.15, 0.2) is 0 Å². The molecule has 0 bridgehead atoms. The second kappa shape index (κ2) is 8.33. The van der Waals surface area contributed by atoms with Gasteiger partial charge >= 0.3 is 11.1 Å². The fraction of sp³-hybridized carbons (Fsp3) is 0.333. The molecule has 3 heterocycles. The summed E-state index contributed by atoms with van der Waals surface area (Å²) in [6.07, 6.45) is 1.89. The van der Waals surface area contributed by atoms with Gasteiger partial charge in [-0.15, -0.1) is 0 Å². The predicted octanol–water partition coefficient (Wildman–Crippen LogP) is 3.46. The Kier molecular flexibility index (Phi) is 5.74. The minimum atomic E-state index is -1.18. The Labute approximate surface area is 183 Å². The van der Waals surface area contributed by atoms with Crippen LogP contribution in [0.4, 0.5) is 10.2 Å². The zero-order chi connectivity index (χ0) is 22.2. The topological polar surface area (TPSA) is 97.3 Å². The van der Waals surface area contributed by atoms with E-state index in [9.17, 15) is 19.6 Å². The summed E-state index contributed by atoms with van der Waals surface area (Å²) in [6.45, 7) is 3.33. The Morgan fingerprint density at radius 2 is 2.03 bits per heavy atom. The van der Waals surface area contributed by atoms with E-state index in [1.165, 1.54) is 16.8 Å². The maximum absolute atomic E-state index is 14.1. The van der Waals surface area contributed by atoms with Crippen LogP contribution in [0.25, 0.3) is 11.3 Å². The van der Waals surface area contributed by atoms with Crippen molar-refractivity contribution in [2.45, 2.75) is 32.0 Å². The van der Waals surface area contributed by atoms with Crippen LogP contribution in [0.2, 0.25) is 5.28 Å². The zero-order valence-electron chi connectivity index (χ0n) is 16.8. The van der Waals surface area contributed by atoms with E-state index in [1.54, 1.807) is 25.1 Å². The van der Waals surface area contributed by atoms with E-state index < -0.39 is 10.5 Å². The molecule has 0 amide bonds. The largest absolute Gasteiger partial charge is 0.387 e. The summed E-state index contributed by atoms with van der Waals surface area (Å²) in [6, 6.07) is 10.3. The van der Waals surface area contributed by atoms with Crippen LogP contribution in [0.3, 0.4) is 0 Å². The zero-order valence-corrected chi connectivity index (χ0v) is 17.6. The second-order valence-electron chi connectivity index (χ2n) is 7.99. The lowest BCUT2D eigenvalue weighted by molar-refractivity contribution is -0.389. The molecule has 0 spiro atoms. The van der Waals surface area contributed by atoms with Gasteiger partial charge in [0.05, 0.1) is 17.8 Å². The monoisotopic (exact) mass is 445 g/mol. The van der Waals surface area contributed by atoms with Gasteiger partial charge in [-0.05, 0) is 52.2 Å². The van der Waals surface area contributed by atoms with Crippen LogP contribution >= 0.6 is 11.6 Å². The molecule has 31 heavy (non-hydrogen) atoms. The second-order valence-corrected chi connectivity index (χ2v) is 8.33. The fourth-order valence-corrected chi connectivity index (χ4v) is 4.10. The molecule has 8 nitrogen and oxygen atoms in total. The lowest BCUT2D eigenvalue weighted by Crippen LogP contribution is -2.45. The summed E-state index contributed by atoms with van der Waals surface area (Å²) in [5.74, 6) is -0.661. The van der Waals surface area contributed by atoms with Crippen molar-refractivity contribution in [3.8, 4) is 11.3 Å². The van der Waals surface area contributed by atoms with Gasteiger partial charge in [-0.25, -0.2) is 4.39 Å². The normalized spacial score (nSPS) is 16.0. The van der Waals surface area contributed by atoms with Gasteiger partial charge in [-0.2, -0.15) is 0 Å². The SMILES string of the molecule is C[C@](O)(CN1CCc2nc(-c3ccccc3F)ccc2C1)Cn1cc([N+](=O)[O-])nc1Cl. The van der Waals surface area contributed by atoms with Crippen LogP contribution < -0.4 is 0 Å². The maximum atomic E-state index is 14.1. The number of nitrogens with zero attached hydrogens (tertiary/aromatic N) is 5. The Hall–Kier alpha value is -2.88. The van der Waals surface area contributed by atoms with Gasteiger partial charge < -0.3 is 15.2 Å². The molecule has 162 valence electrons. The average molecular weight is 446 g/mol. The average Bonchev–Trinajstić information content (AvgIpc) is 3.07. The van der Waals surface area contributed by atoms with Gasteiger partial charge in [0.2, 0.25) is 0 Å². The Balaban J connectivity index is 1.45. The van der Waals surface area contributed by atoms with Crippen LogP contribution in [-0.2, 0) is 19.5 Å². The first-order valence-electron chi connectivity index (χ1n) is 9.77. The number of benzene rings is 1. The fourth-order valence-electron chi connectivity index (χ4n) is 3.91. The minimum Gasteiger partial charge on any atom is -0.387 e. The van der Waals surface area contributed by atoms with Crippen molar-refractivity contribution in [3.63, 3.8) is 0 Å². The van der Waals surface area contributed by atoms with Crippen molar-refractivity contribution in [1.82, 2.24) is 19.4 Å². The molecule has 0 saturated carbocycles. The van der Waals surface area contributed by atoms with E-state index in [0.29, 0.717) is 37.3 Å².